The Morgan fingerprint density at radius 1 is 1.40 bits per heavy atom. The van der Waals surface area contributed by atoms with Crippen molar-refractivity contribution in [2.75, 3.05) is 30.4 Å². The molecule has 3 heterocycles. The van der Waals surface area contributed by atoms with Crippen LogP contribution in [0.3, 0.4) is 0 Å². The minimum absolute atomic E-state index is 0.147. The summed E-state index contributed by atoms with van der Waals surface area (Å²) >= 11 is 3.49. The summed E-state index contributed by atoms with van der Waals surface area (Å²) in [6, 6.07) is 5.68. The number of carbonyl (C=O) groups is 1. The summed E-state index contributed by atoms with van der Waals surface area (Å²) in [6.45, 7) is 5.63. The van der Waals surface area contributed by atoms with Gasteiger partial charge in [0.1, 0.15) is 5.92 Å². The summed E-state index contributed by atoms with van der Waals surface area (Å²) in [7, 11) is 0. The number of aliphatic hydroxyl groups excluding tert-OH is 1. The average molecular weight is 475 g/mol. The predicted molar refractivity (Wildman–Crippen MR) is 117 cm³/mol. The van der Waals surface area contributed by atoms with Crippen molar-refractivity contribution in [1.29, 1.82) is 0 Å². The van der Waals surface area contributed by atoms with Gasteiger partial charge in [-0.15, -0.1) is 0 Å². The molecule has 1 aliphatic rings. The van der Waals surface area contributed by atoms with Crippen molar-refractivity contribution in [3.05, 3.63) is 40.1 Å². The van der Waals surface area contributed by atoms with E-state index in [1.165, 1.54) is 0 Å². The predicted octanol–water partition coefficient (Wildman–Crippen LogP) is 2.50. The molecule has 2 aromatic heterocycles. The smallest absolute Gasteiger partial charge is 0.238 e. The number of carbonyl (C=O) groups excluding carboxylic acids is 1. The van der Waals surface area contributed by atoms with E-state index in [1.54, 1.807) is 11.6 Å². The molecule has 1 aliphatic heterocycles. The first-order valence-electron chi connectivity index (χ1n) is 9.81. The number of nitrogens with zero attached hydrogens (tertiary/aromatic N) is 4. The highest BCUT2D eigenvalue weighted by molar-refractivity contribution is 9.10. The van der Waals surface area contributed by atoms with Crippen molar-refractivity contribution in [2.45, 2.75) is 32.4 Å². The van der Waals surface area contributed by atoms with Gasteiger partial charge in [-0.1, -0.05) is 15.9 Å². The van der Waals surface area contributed by atoms with Crippen LogP contribution in [0.2, 0.25) is 0 Å². The van der Waals surface area contributed by atoms with Gasteiger partial charge < -0.3 is 20.5 Å². The highest BCUT2D eigenvalue weighted by Crippen LogP contribution is 2.40. The number of hydrogen-bond acceptors (Lipinski definition) is 7. The van der Waals surface area contributed by atoms with Crippen molar-refractivity contribution < 1.29 is 14.6 Å². The molecule has 0 aliphatic carbocycles. The summed E-state index contributed by atoms with van der Waals surface area (Å²) in [6.07, 6.45) is 1.29. The Morgan fingerprint density at radius 2 is 2.23 bits per heavy atom. The van der Waals surface area contributed by atoms with Crippen LogP contribution in [0.1, 0.15) is 31.0 Å². The van der Waals surface area contributed by atoms with Gasteiger partial charge in [-0.05, 0) is 37.6 Å². The van der Waals surface area contributed by atoms with Gasteiger partial charge in [0.15, 0.2) is 5.65 Å². The summed E-state index contributed by atoms with van der Waals surface area (Å²) in [5, 5.41) is 20.8. The molecule has 0 radical (unpaired) electrons. The standard InChI is InChI=1S/C20H23BrN6O3/c1-3-30-7-6-27-10-14-17(24-20(22-9-11(2)28)25-18(14)26-27)16-13-8-12(21)4-5-15(13)23-19(16)29/h4-5,8,10-11,16,28H,3,6-7,9H2,1-2H3,(H,23,29)(H,22,25,26)/t11-,16?/m1/s1. The molecule has 3 aromatic rings. The topological polar surface area (TPSA) is 114 Å². The van der Waals surface area contributed by atoms with Gasteiger partial charge in [-0.25, -0.2) is 4.98 Å². The van der Waals surface area contributed by atoms with Crippen LogP contribution in [-0.2, 0) is 16.1 Å². The zero-order valence-corrected chi connectivity index (χ0v) is 18.3. The molecule has 3 N–H and O–H groups in total. The second-order valence-corrected chi connectivity index (χ2v) is 8.06. The second-order valence-electron chi connectivity index (χ2n) is 7.14. The molecule has 4 rings (SSSR count). The highest BCUT2D eigenvalue weighted by atomic mass is 79.9. The molecule has 1 amide bonds. The Labute approximate surface area is 182 Å². The number of aromatic nitrogens is 4. The molecule has 158 valence electrons. The van der Waals surface area contributed by atoms with E-state index in [0.29, 0.717) is 42.4 Å². The highest BCUT2D eigenvalue weighted by Gasteiger charge is 2.35. The van der Waals surface area contributed by atoms with Gasteiger partial charge in [0, 0.05) is 29.5 Å². The molecule has 2 atom stereocenters. The van der Waals surface area contributed by atoms with Crippen molar-refractivity contribution in [1.82, 2.24) is 19.7 Å². The number of aliphatic hydroxyl groups is 1. The number of halogens is 1. The van der Waals surface area contributed by atoms with Crippen LogP contribution in [0.15, 0.2) is 28.9 Å². The zero-order valence-electron chi connectivity index (χ0n) is 16.7. The van der Waals surface area contributed by atoms with Crippen molar-refractivity contribution >= 4 is 44.5 Å². The molecule has 9 nitrogen and oxygen atoms in total. The van der Waals surface area contributed by atoms with Crippen LogP contribution in [0.25, 0.3) is 11.0 Å². The lowest BCUT2D eigenvalue weighted by atomic mass is 9.95. The van der Waals surface area contributed by atoms with Crippen LogP contribution in [-0.4, -0.2) is 56.6 Å². The lowest BCUT2D eigenvalue weighted by molar-refractivity contribution is -0.116. The van der Waals surface area contributed by atoms with E-state index in [-0.39, 0.29) is 12.5 Å². The number of ether oxygens (including phenoxy) is 1. The second kappa shape index (κ2) is 8.66. The average Bonchev–Trinajstić information content (AvgIpc) is 3.25. The lowest BCUT2D eigenvalue weighted by Gasteiger charge is -2.12. The first-order valence-corrected chi connectivity index (χ1v) is 10.6. The number of nitrogens with one attached hydrogen (secondary N) is 2. The maximum absolute atomic E-state index is 12.9. The fourth-order valence-electron chi connectivity index (χ4n) is 3.43. The van der Waals surface area contributed by atoms with Crippen molar-refractivity contribution in [3.8, 4) is 0 Å². The lowest BCUT2D eigenvalue weighted by Crippen LogP contribution is -2.19. The van der Waals surface area contributed by atoms with E-state index < -0.39 is 12.0 Å². The van der Waals surface area contributed by atoms with Gasteiger partial charge in [0.2, 0.25) is 11.9 Å². The molecule has 0 saturated heterocycles. The molecule has 1 unspecified atom stereocenters. The van der Waals surface area contributed by atoms with E-state index in [4.69, 9.17) is 4.74 Å². The molecule has 30 heavy (non-hydrogen) atoms. The SMILES string of the molecule is CCOCCn1cc2c(C3C(=O)Nc4ccc(Br)cc43)nc(NC[C@@H](C)O)nc2n1. The molecule has 0 spiro atoms. The quantitative estimate of drug-likeness (QED) is 0.429. The van der Waals surface area contributed by atoms with Gasteiger partial charge in [0.05, 0.1) is 30.3 Å². The maximum atomic E-state index is 12.9. The molecule has 0 fully saturated rings. The minimum Gasteiger partial charge on any atom is -0.392 e. The molecule has 1 aromatic carbocycles. The molecular weight excluding hydrogens is 452 g/mol. The van der Waals surface area contributed by atoms with Crippen LogP contribution in [0.4, 0.5) is 11.6 Å². The van der Waals surface area contributed by atoms with E-state index in [2.05, 4.69) is 41.6 Å². The number of rotatable bonds is 8. The third kappa shape index (κ3) is 4.16. The first-order chi connectivity index (χ1) is 14.5. The van der Waals surface area contributed by atoms with E-state index >= 15 is 0 Å². The number of fused-ring (bicyclic) bond motifs is 2. The number of anilines is 2. The largest absolute Gasteiger partial charge is 0.392 e. The normalized spacial score (nSPS) is 16.5. The molecule has 10 heteroatoms. The zero-order chi connectivity index (χ0) is 21.3. The van der Waals surface area contributed by atoms with Crippen LogP contribution < -0.4 is 10.6 Å². The van der Waals surface area contributed by atoms with Crippen LogP contribution in [0.5, 0.6) is 0 Å². The number of benzene rings is 1. The molecule has 0 saturated carbocycles. The Bertz CT molecular complexity index is 1080. The van der Waals surface area contributed by atoms with Gasteiger partial charge in [-0.3, -0.25) is 9.48 Å². The number of hydrogen-bond donors (Lipinski definition) is 3. The van der Waals surface area contributed by atoms with Gasteiger partial charge in [0.25, 0.3) is 0 Å². The third-order valence-corrected chi connectivity index (χ3v) is 5.29. The Balaban J connectivity index is 1.80. The Hall–Kier alpha value is -2.56. The summed E-state index contributed by atoms with van der Waals surface area (Å²) in [5.41, 5.74) is 2.67. The molecule has 0 bridgehead atoms. The third-order valence-electron chi connectivity index (χ3n) is 4.80. The van der Waals surface area contributed by atoms with Gasteiger partial charge >= 0.3 is 0 Å². The Morgan fingerprint density at radius 3 is 3.00 bits per heavy atom. The monoisotopic (exact) mass is 474 g/mol. The van der Waals surface area contributed by atoms with Gasteiger partial charge in [-0.2, -0.15) is 10.1 Å². The Kier molecular flexibility index (Phi) is 5.98. The first kappa shape index (κ1) is 20.7. The van der Waals surface area contributed by atoms with Crippen LogP contribution in [0, 0.1) is 0 Å². The summed E-state index contributed by atoms with van der Waals surface area (Å²) < 4.78 is 8.06. The van der Waals surface area contributed by atoms with Crippen LogP contribution >= 0.6 is 15.9 Å². The van der Waals surface area contributed by atoms with E-state index in [0.717, 1.165) is 15.7 Å². The summed E-state index contributed by atoms with van der Waals surface area (Å²) in [4.78, 5) is 22.0. The summed E-state index contributed by atoms with van der Waals surface area (Å²) in [5.74, 6) is -0.406. The van der Waals surface area contributed by atoms with E-state index in [9.17, 15) is 9.90 Å². The fourth-order valence-corrected chi connectivity index (χ4v) is 3.81. The molecular formula is C20H23BrN6O3. The minimum atomic E-state index is -0.584. The van der Waals surface area contributed by atoms with E-state index in [1.807, 2.05) is 31.3 Å². The van der Waals surface area contributed by atoms with Crippen molar-refractivity contribution in [2.24, 2.45) is 0 Å². The maximum Gasteiger partial charge on any atom is 0.238 e. The number of amides is 1. The fraction of sp³-hybridized carbons (Fsp3) is 0.400. The van der Waals surface area contributed by atoms with Crippen molar-refractivity contribution in [3.63, 3.8) is 0 Å².